The van der Waals surface area contributed by atoms with E-state index in [4.69, 9.17) is 5.11 Å². The van der Waals surface area contributed by atoms with Crippen LogP contribution in [0.2, 0.25) is 0 Å². The topological polar surface area (TPSA) is 52.6 Å². The summed E-state index contributed by atoms with van der Waals surface area (Å²) in [4.78, 5) is 13.2. The van der Waals surface area contributed by atoms with Crippen LogP contribution in [0.5, 0.6) is 0 Å². The van der Waals surface area contributed by atoms with Gasteiger partial charge in [0.1, 0.15) is 0 Å². The second kappa shape index (κ2) is 5.47. The highest BCUT2D eigenvalue weighted by molar-refractivity contribution is 5.70. The number of hydrogen-bond acceptors (Lipinski definition) is 3. The van der Waals surface area contributed by atoms with Gasteiger partial charge in [0.05, 0.1) is 5.92 Å². The molecule has 1 saturated heterocycles. The molecule has 15 heavy (non-hydrogen) atoms. The van der Waals surface area contributed by atoms with Crippen molar-refractivity contribution in [3.63, 3.8) is 0 Å². The van der Waals surface area contributed by atoms with Crippen LogP contribution in [0.3, 0.4) is 0 Å². The molecule has 2 N–H and O–H groups in total. The summed E-state index contributed by atoms with van der Waals surface area (Å²) in [5.74, 6) is -0.986. The van der Waals surface area contributed by atoms with Crippen molar-refractivity contribution in [3.05, 3.63) is 0 Å². The lowest BCUT2D eigenvalue weighted by atomic mass is 10.0. The summed E-state index contributed by atoms with van der Waals surface area (Å²) in [5.41, 5.74) is 0. The Labute approximate surface area is 91.6 Å². The Balaban J connectivity index is 2.57. The molecule has 1 aliphatic rings. The van der Waals surface area contributed by atoms with Crippen molar-refractivity contribution in [1.29, 1.82) is 0 Å². The zero-order valence-electron chi connectivity index (χ0n) is 9.86. The number of carboxylic acids is 1. The van der Waals surface area contributed by atoms with E-state index in [1.807, 2.05) is 14.0 Å². The normalized spacial score (nSPS) is 26.5. The van der Waals surface area contributed by atoms with Crippen molar-refractivity contribution in [2.24, 2.45) is 5.92 Å². The van der Waals surface area contributed by atoms with E-state index < -0.39 is 5.97 Å². The van der Waals surface area contributed by atoms with Crippen LogP contribution in [0, 0.1) is 5.92 Å². The van der Waals surface area contributed by atoms with Gasteiger partial charge < -0.3 is 10.4 Å². The largest absolute Gasteiger partial charge is 0.481 e. The molecule has 0 radical (unpaired) electrons. The molecule has 1 heterocycles. The molecule has 1 fully saturated rings. The summed E-state index contributed by atoms with van der Waals surface area (Å²) in [6.07, 6.45) is 2.36. The third-order valence-electron chi connectivity index (χ3n) is 3.50. The SMILES string of the molecule is CNCC1CCCN1C(C)C(C)C(=O)O. The average Bonchev–Trinajstić information content (AvgIpc) is 2.64. The Morgan fingerprint density at radius 1 is 1.60 bits per heavy atom. The van der Waals surface area contributed by atoms with E-state index in [1.54, 1.807) is 6.92 Å². The van der Waals surface area contributed by atoms with Gasteiger partial charge in [-0.3, -0.25) is 9.69 Å². The van der Waals surface area contributed by atoms with Gasteiger partial charge in [-0.1, -0.05) is 6.92 Å². The van der Waals surface area contributed by atoms with Crippen LogP contribution in [0.4, 0.5) is 0 Å². The number of carbonyl (C=O) groups is 1. The highest BCUT2D eigenvalue weighted by Crippen LogP contribution is 2.23. The molecule has 0 aromatic carbocycles. The van der Waals surface area contributed by atoms with Gasteiger partial charge >= 0.3 is 5.97 Å². The second-order valence-electron chi connectivity index (χ2n) is 4.46. The molecule has 3 unspecified atom stereocenters. The van der Waals surface area contributed by atoms with Crippen molar-refractivity contribution in [2.45, 2.75) is 38.8 Å². The number of carboxylic acid groups (broad SMARTS) is 1. The number of nitrogens with zero attached hydrogens (tertiary/aromatic N) is 1. The van der Waals surface area contributed by atoms with Crippen LogP contribution in [-0.4, -0.2) is 48.2 Å². The Hall–Kier alpha value is -0.610. The van der Waals surface area contributed by atoms with E-state index in [9.17, 15) is 4.79 Å². The third-order valence-corrected chi connectivity index (χ3v) is 3.50. The van der Waals surface area contributed by atoms with Crippen LogP contribution in [0.1, 0.15) is 26.7 Å². The van der Waals surface area contributed by atoms with Crippen molar-refractivity contribution in [3.8, 4) is 0 Å². The lowest BCUT2D eigenvalue weighted by molar-refractivity contribution is -0.143. The Morgan fingerprint density at radius 2 is 2.27 bits per heavy atom. The molecule has 4 heteroatoms. The van der Waals surface area contributed by atoms with Crippen molar-refractivity contribution in [2.75, 3.05) is 20.1 Å². The average molecular weight is 214 g/mol. The minimum atomic E-state index is -0.697. The lowest BCUT2D eigenvalue weighted by Crippen LogP contribution is -2.46. The van der Waals surface area contributed by atoms with E-state index in [2.05, 4.69) is 10.2 Å². The number of likely N-dealkylation sites (tertiary alicyclic amines) is 1. The monoisotopic (exact) mass is 214 g/mol. The second-order valence-corrected chi connectivity index (χ2v) is 4.46. The number of hydrogen-bond donors (Lipinski definition) is 2. The molecule has 0 aromatic heterocycles. The molecule has 88 valence electrons. The molecule has 0 bridgehead atoms. The van der Waals surface area contributed by atoms with Crippen LogP contribution < -0.4 is 5.32 Å². The number of likely N-dealkylation sites (N-methyl/N-ethyl adjacent to an activating group) is 1. The molecule has 0 saturated carbocycles. The first-order valence-corrected chi connectivity index (χ1v) is 5.71. The van der Waals surface area contributed by atoms with Gasteiger partial charge in [0.2, 0.25) is 0 Å². The van der Waals surface area contributed by atoms with E-state index in [-0.39, 0.29) is 12.0 Å². The Morgan fingerprint density at radius 3 is 2.80 bits per heavy atom. The first-order valence-electron chi connectivity index (χ1n) is 5.71. The smallest absolute Gasteiger partial charge is 0.307 e. The molecule has 4 nitrogen and oxygen atoms in total. The highest BCUT2D eigenvalue weighted by atomic mass is 16.4. The standard InChI is InChI=1S/C11H22N2O2/c1-8(11(14)15)9(2)13-6-4-5-10(13)7-12-3/h8-10,12H,4-7H2,1-3H3,(H,14,15). The van der Waals surface area contributed by atoms with Crippen LogP contribution in [0.25, 0.3) is 0 Å². The maximum Gasteiger partial charge on any atom is 0.307 e. The maximum absolute atomic E-state index is 10.9. The summed E-state index contributed by atoms with van der Waals surface area (Å²) >= 11 is 0. The third kappa shape index (κ3) is 2.92. The quantitative estimate of drug-likeness (QED) is 0.710. The first kappa shape index (κ1) is 12.5. The summed E-state index contributed by atoms with van der Waals surface area (Å²) in [6.45, 7) is 5.80. The van der Waals surface area contributed by atoms with Crippen molar-refractivity contribution < 1.29 is 9.90 Å². The minimum Gasteiger partial charge on any atom is -0.481 e. The number of nitrogens with one attached hydrogen (secondary N) is 1. The fourth-order valence-electron chi connectivity index (χ4n) is 2.34. The molecular formula is C11H22N2O2. The summed E-state index contributed by atoms with van der Waals surface area (Å²) in [7, 11) is 1.95. The van der Waals surface area contributed by atoms with Gasteiger partial charge in [-0.2, -0.15) is 0 Å². The Bertz CT molecular complexity index is 221. The fourth-order valence-corrected chi connectivity index (χ4v) is 2.34. The summed E-state index contributed by atoms with van der Waals surface area (Å²) < 4.78 is 0. The van der Waals surface area contributed by atoms with Crippen LogP contribution >= 0.6 is 0 Å². The highest BCUT2D eigenvalue weighted by Gasteiger charge is 2.32. The van der Waals surface area contributed by atoms with E-state index in [0.717, 1.165) is 13.1 Å². The molecule has 0 aromatic rings. The van der Waals surface area contributed by atoms with Crippen molar-refractivity contribution >= 4 is 5.97 Å². The fraction of sp³-hybridized carbons (Fsp3) is 0.909. The zero-order valence-corrected chi connectivity index (χ0v) is 9.86. The van der Waals surface area contributed by atoms with Gasteiger partial charge in [0, 0.05) is 18.6 Å². The van der Waals surface area contributed by atoms with Crippen molar-refractivity contribution in [1.82, 2.24) is 10.2 Å². The van der Waals surface area contributed by atoms with E-state index in [0.29, 0.717) is 6.04 Å². The van der Waals surface area contributed by atoms with E-state index >= 15 is 0 Å². The molecule has 0 spiro atoms. The summed E-state index contributed by atoms with van der Waals surface area (Å²) in [5, 5.41) is 12.2. The minimum absolute atomic E-state index is 0.128. The van der Waals surface area contributed by atoms with Gasteiger partial charge in [-0.15, -0.1) is 0 Å². The zero-order chi connectivity index (χ0) is 11.4. The van der Waals surface area contributed by atoms with Gasteiger partial charge in [-0.25, -0.2) is 0 Å². The molecular weight excluding hydrogens is 192 g/mol. The Kier molecular flexibility index (Phi) is 4.54. The summed E-state index contributed by atoms with van der Waals surface area (Å²) in [6, 6.07) is 0.634. The van der Waals surface area contributed by atoms with Gasteiger partial charge in [0.25, 0.3) is 0 Å². The molecule has 0 aliphatic carbocycles. The molecule has 0 amide bonds. The van der Waals surface area contributed by atoms with Gasteiger partial charge in [0.15, 0.2) is 0 Å². The predicted molar refractivity (Wildman–Crippen MR) is 59.9 cm³/mol. The van der Waals surface area contributed by atoms with Crippen LogP contribution in [0.15, 0.2) is 0 Å². The molecule has 1 rings (SSSR count). The number of rotatable bonds is 5. The number of aliphatic carboxylic acids is 1. The maximum atomic E-state index is 10.9. The molecule has 1 aliphatic heterocycles. The predicted octanol–water partition coefficient (Wildman–Crippen LogP) is 0.779. The van der Waals surface area contributed by atoms with E-state index in [1.165, 1.54) is 12.8 Å². The molecule has 3 atom stereocenters. The van der Waals surface area contributed by atoms with Gasteiger partial charge in [-0.05, 0) is 33.4 Å². The lowest BCUT2D eigenvalue weighted by Gasteiger charge is -2.32. The first-order chi connectivity index (χ1) is 7.07. The van der Waals surface area contributed by atoms with Crippen LogP contribution in [-0.2, 0) is 4.79 Å².